The van der Waals surface area contributed by atoms with Crippen molar-refractivity contribution in [2.75, 3.05) is 37.5 Å². The molecule has 3 aromatic rings. The van der Waals surface area contributed by atoms with Gasteiger partial charge < -0.3 is 25.4 Å². The molecular formula is C28H32FN5O4. The molecular weight excluding hydrogens is 489 g/mol. The number of hydrogen-bond acceptors (Lipinski definition) is 7. The average molecular weight is 522 g/mol. The van der Waals surface area contributed by atoms with Crippen LogP contribution in [-0.2, 0) is 14.3 Å². The van der Waals surface area contributed by atoms with Gasteiger partial charge in [-0.05, 0) is 61.3 Å². The van der Waals surface area contributed by atoms with E-state index in [9.17, 15) is 14.0 Å². The zero-order chi connectivity index (χ0) is 26.5. The lowest BCUT2D eigenvalue weighted by Crippen LogP contribution is -2.47. The van der Waals surface area contributed by atoms with Gasteiger partial charge in [0.2, 0.25) is 11.8 Å². The molecule has 2 saturated carbocycles. The molecule has 2 aliphatic carbocycles. The minimum atomic E-state index is -0.514. The number of amides is 2. The molecule has 0 unspecified atom stereocenters. The third-order valence-electron chi connectivity index (χ3n) is 7.42. The summed E-state index contributed by atoms with van der Waals surface area (Å²) in [6.07, 6.45) is 7.50. The van der Waals surface area contributed by atoms with Crippen molar-refractivity contribution in [3.63, 3.8) is 0 Å². The number of rotatable bonds is 11. The second-order valence-corrected chi connectivity index (χ2v) is 10.2. The van der Waals surface area contributed by atoms with Crippen LogP contribution in [0.5, 0.6) is 5.75 Å². The van der Waals surface area contributed by atoms with E-state index in [1.165, 1.54) is 44.5 Å². The Hall–Kier alpha value is -3.79. The highest BCUT2D eigenvalue weighted by molar-refractivity contribution is 6.03. The van der Waals surface area contributed by atoms with Gasteiger partial charge in [-0.15, -0.1) is 0 Å². The maximum Gasteiger partial charge on any atom is 0.233 e. The first-order chi connectivity index (χ1) is 18.4. The number of ether oxygens (including phenoxy) is 2. The summed E-state index contributed by atoms with van der Waals surface area (Å²) < 4.78 is 25.3. The van der Waals surface area contributed by atoms with Crippen molar-refractivity contribution >= 4 is 39.9 Å². The van der Waals surface area contributed by atoms with Crippen LogP contribution in [0.3, 0.4) is 0 Å². The van der Waals surface area contributed by atoms with Crippen molar-refractivity contribution in [1.29, 1.82) is 0 Å². The highest BCUT2D eigenvalue weighted by atomic mass is 19.1. The molecule has 10 heteroatoms. The summed E-state index contributed by atoms with van der Waals surface area (Å²) in [5, 5.41) is 8.97. The molecule has 0 bridgehead atoms. The van der Waals surface area contributed by atoms with E-state index < -0.39 is 5.82 Å². The van der Waals surface area contributed by atoms with Gasteiger partial charge in [-0.3, -0.25) is 9.59 Å². The van der Waals surface area contributed by atoms with Crippen molar-refractivity contribution < 1.29 is 23.5 Å². The molecule has 1 spiro atoms. The molecule has 2 aromatic carbocycles. The minimum Gasteiger partial charge on any atom is -0.491 e. The number of nitrogens with zero attached hydrogens (tertiary/aromatic N) is 2. The molecule has 5 rings (SSSR count). The number of methoxy groups -OCH3 is 1. The quantitative estimate of drug-likeness (QED) is 0.250. The summed E-state index contributed by atoms with van der Waals surface area (Å²) in [6, 6.07) is 9.80. The Balaban J connectivity index is 1.13. The van der Waals surface area contributed by atoms with Crippen LogP contribution in [0.4, 0.5) is 21.6 Å². The van der Waals surface area contributed by atoms with E-state index in [0.29, 0.717) is 59.6 Å². The topological polar surface area (TPSA) is 114 Å². The van der Waals surface area contributed by atoms with Crippen molar-refractivity contribution in [2.24, 2.45) is 11.3 Å². The zero-order valence-electron chi connectivity index (χ0n) is 21.4. The van der Waals surface area contributed by atoms with Crippen LogP contribution < -0.4 is 20.7 Å². The van der Waals surface area contributed by atoms with Crippen molar-refractivity contribution in [3.8, 4) is 5.75 Å². The van der Waals surface area contributed by atoms with E-state index in [1.807, 2.05) is 0 Å². The summed E-state index contributed by atoms with van der Waals surface area (Å²) >= 11 is 0. The number of halogens is 1. The fourth-order valence-corrected chi connectivity index (χ4v) is 5.38. The average Bonchev–Trinajstić information content (AvgIpc) is 2.83. The predicted octanol–water partition coefficient (Wildman–Crippen LogP) is 4.56. The number of hydrogen-bond donors (Lipinski definition) is 3. The highest BCUT2D eigenvalue weighted by Gasteiger charge is 2.47. The van der Waals surface area contributed by atoms with Crippen LogP contribution in [0, 0.1) is 17.2 Å². The van der Waals surface area contributed by atoms with E-state index in [0.717, 1.165) is 0 Å². The monoisotopic (exact) mass is 521 g/mol. The Morgan fingerprint density at radius 3 is 2.53 bits per heavy atom. The first-order valence-corrected chi connectivity index (χ1v) is 12.9. The van der Waals surface area contributed by atoms with Crippen LogP contribution >= 0.6 is 0 Å². The molecule has 0 radical (unpaired) electrons. The Labute approximate surface area is 220 Å². The summed E-state index contributed by atoms with van der Waals surface area (Å²) in [6.45, 7) is 1.34. The van der Waals surface area contributed by atoms with E-state index >= 15 is 0 Å². The van der Waals surface area contributed by atoms with Crippen molar-refractivity contribution in [1.82, 2.24) is 15.3 Å². The molecule has 0 saturated heterocycles. The molecule has 1 heterocycles. The first kappa shape index (κ1) is 25.8. The van der Waals surface area contributed by atoms with Gasteiger partial charge in [0.25, 0.3) is 0 Å². The van der Waals surface area contributed by atoms with Gasteiger partial charge in [0.1, 0.15) is 36.7 Å². The lowest BCUT2D eigenvalue weighted by Gasteiger charge is -2.54. The largest absolute Gasteiger partial charge is 0.491 e. The SMILES string of the molecule is COCCOc1cc(F)c2c(Nc3ccc(NC(=O)CC(=O)NCC4CC5(CCC5)C4)cc3)ncnc2c1. The fraction of sp³-hybridized carbons (Fsp3) is 0.429. The number of aromatic nitrogens is 2. The summed E-state index contributed by atoms with van der Waals surface area (Å²) in [5.74, 6) is 0.0498. The predicted molar refractivity (Wildman–Crippen MR) is 142 cm³/mol. The van der Waals surface area contributed by atoms with E-state index in [2.05, 4.69) is 25.9 Å². The van der Waals surface area contributed by atoms with Gasteiger partial charge in [0.05, 0.1) is 17.5 Å². The number of carbonyl (C=O) groups excluding carboxylic acids is 2. The number of carbonyl (C=O) groups is 2. The third-order valence-corrected chi connectivity index (χ3v) is 7.42. The van der Waals surface area contributed by atoms with Gasteiger partial charge in [0.15, 0.2) is 0 Å². The van der Waals surface area contributed by atoms with Crippen LogP contribution in [0.15, 0.2) is 42.7 Å². The smallest absolute Gasteiger partial charge is 0.233 e. The van der Waals surface area contributed by atoms with Crippen LogP contribution in [0.2, 0.25) is 0 Å². The van der Waals surface area contributed by atoms with Crippen molar-refractivity contribution in [2.45, 2.75) is 38.5 Å². The molecule has 2 fully saturated rings. The Kier molecular flexibility index (Phi) is 7.69. The van der Waals surface area contributed by atoms with Gasteiger partial charge in [-0.1, -0.05) is 6.42 Å². The van der Waals surface area contributed by atoms with E-state index in [4.69, 9.17) is 9.47 Å². The summed E-state index contributed by atoms with van der Waals surface area (Å²) in [7, 11) is 1.56. The maximum absolute atomic E-state index is 14.9. The van der Waals surface area contributed by atoms with Gasteiger partial charge in [-0.25, -0.2) is 14.4 Å². The van der Waals surface area contributed by atoms with Crippen LogP contribution in [0.25, 0.3) is 10.9 Å². The molecule has 1 aromatic heterocycles. The molecule has 9 nitrogen and oxygen atoms in total. The number of benzene rings is 2. The second kappa shape index (κ2) is 11.3. The van der Waals surface area contributed by atoms with Crippen molar-refractivity contribution in [3.05, 3.63) is 48.5 Å². The van der Waals surface area contributed by atoms with Gasteiger partial charge >= 0.3 is 0 Å². The number of fused-ring (bicyclic) bond motifs is 1. The normalized spacial score (nSPS) is 15.9. The standard InChI is InChI=1S/C28H32FN5O4/c1-37-9-10-38-21-11-22(29)26-23(12-21)31-17-32-27(26)34-20-5-3-19(4-6-20)33-25(36)13-24(35)30-16-18-14-28(15-18)7-2-8-28/h3-6,11-12,17-18H,2,7-10,13-16H2,1H3,(H,30,35)(H,33,36)(H,31,32,34). The second-order valence-electron chi connectivity index (χ2n) is 10.2. The number of anilines is 3. The van der Waals surface area contributed by atoms with E-state index in [-0.39, 0.29) is 23.6 Å². The lowest BCUT2D eigenvalue weighted by atomic mass is 9.52. The lowest BCUT2D eigenvalue weighted by molar-refractivity contribution is -0.127. The molecule has 38 heavy (non-hydrogen) atoms. The fourth-order valence-electron chi connectivity index (χ4n) is 5.38. The highest BCUT2D eigenvalue weighted by Crippen LogP contribution is 2.58. The Morgan fingerprint density at radius 1 is 1.05 bits per heavy atom. The summed E-state index contributed by atoms with van der Waals surface area (Å²) in [4.78, 5) is 32.8. The first-order valence-electron chi connectivity index (χ1n) is 12.9. The molecule has 200 valence electrons. The molecule has 0 atom stereocenters. The number of nitrogens with one attached hydrogen (secondary N) is 3. The molecule has 2 amide bonds. The third kappa shape index (κ3) is 6.02. The van der Waals surface area contributed by atoms with Crippen LogP contribution in [-0.4, -0.2) is 48.7 Å². The Bertz CT molecular complexity index is 1300. The maximum atomic E-state index is 14.9. The zero-order valence-corrected chi connectivity index (χ0v) is 21.4. The van der Waals surface area contributed by atoms with E-state index in [1.54, 1.807) is 37.4 Å². The summed E-state index contributed by atoms with van der Waals surface area (Å²) in [5.41, 5.74) is 2.17. The minimum absolute atomic E-state index is 0.221. The Morgan fingerprint density at radius 2 is 1.82 bits per heavy atom. The molecule has 0 aliphatic heterocycles. The van der Waals surface area contributed by atoms with Gasteiger partial charge in [0, 0.05) is 37.2 Å². The molecule has 2 aliphatic rings. The molecule has 3 N–H and O–H groups in total. The van der Waals surface area contributed by atoms with Gasteiger partial charge in [-0.2, -0.15) is 0 Å². The van der Waals surface area contributed by atoms with Crippen LogP contribution in [0.1, 0.15) is 38.5 Å².